The quantitative estimate of drug-likeness (QED) is 0.678. The summed E-state index contributed by atoms with van der Waals surface area (Å²) in [5, 5.41) is 3.38. The summed E-state index contributed by atoms with van der Waals surface area (Å²) in [4.78, 5) is 6.94. The van der Waals surface area contributed by atoms with E-state index >= 15 is 0 Å². The Labute approximate surface area is 138 Å². The molecule has 23 heavy (non-hydrogen) atoms. The number of benzene rings is 1. The Hall–Kier alpha value is -1.56. The lowest BCUT2D eigenvalue weighted by Crippen LogP contribution is -2.41. The molecule has 1 aliphatic carbocycles. The van der Waals surface area contributed by atoms with Gasteiger partial charge in [0.15, 0.2) is 15.8 Å². The molecule has 0 bridgehead atoms. The van der Waals surface area contributed by atoms with Crippen molar-refractivity contribution in [1.82, 2.24) is 4.90 Å². The van der Waals surface area contributed by atoms with Crippen LogP contribution in [0.25, 0.3) is 0 Å². The lowest BCUT2D eigenvalue weighted by Gasteiger charge is -2.30. The van der Waals surface area contributed by atoms with Gasteiger partial charge in [0, 0.05) is 25.0 Å². The largest absolute Gasteiger partial charge is 0.343 e. The fraction of sp³-hybridized carbons (Fsp3) is 0.588. The summed E-state index contributed by atoms with van der Waals surface area (Å²) in [6.07, 6.45) is 6.37. The normalized spacial score (nSPS) is 21.1. The van der Waals surface area contributed by atoms with Gasteiger partial charge in [-0.05, 0) is 44.2 Å². The van der Waals surface area contributed by atoms with Gasteiger partial charge in [0.2, 0.25) is 0 Å². The highest BCUT2D eigenvalue weighted by Crippen LogP contribution is 2.43. The van der Waals surface area contributed by atoms with Gasteiger partial charge in [-0.25, -0.2) is 8.42 Å². The molecule has 1 N–H and O–H groups in total. The maximum Gasteiger partial charge on any atom is 0.198 e. The lowest BCUT2D eigenvalue weighted by molar-refractivity contribution is 0.340. The highest BCUT2D eigenvalue weighted by molar-refractivity contribution is 7.92. The topological polar surface area (TPSA) is 61.8 Å². The zero-order valence-corrected chi connectivity index (χ0v) is 14.5. The van der Waals surface area contributed by atoms with Crippen molar-refractivity contribution in [3.05, 3.63) is 30.3 Å². The van der Waals surface area contributed by atoms with Crippen LogP contribution >= 0.6 is 0 Å². The number of nitrogens with zero attached hydrogens (tertiary/aromatic N) is 2. The van der Waals surface area contributed by atoms with Gasteiger partial charge in [0.25, 0.3) is 0 Å². The molecule has 1 saturated heterocycles. The predicted octanol–water partition coefficient (Wildman–Crippen LogP) is 2.52. The molecule has 1 aliphatic heterocycles. The fourth-order valence-electron chi connectivity index (χ4n) is 2.98. The standard InChI is InChI=1S/C17H25N3O2S/c1-23(21,22)17(10-11-17)14-18-16(20-12-6-3-7-13-20)19-15-8-4-2-5-9-15/h2,4-5,8-9H,3,6-7,10-14H2,1H3,(H,18,19). The average Bonchev–Trinajstić information content (AvgIpc) is 3.34. The molecule has 3 rings (SSSR count). The smallest absolute Gasteiger partial charge is 0.198 e. The molecule has 126 valence electrons. The number of piperidine rings is 1. The molecule has 0 atom stereocenters. The van der Waals surface area contributed by atoms with Crippen LogP contribution in [0.3, 0.4) is 0 Å². The van der Waals surface area contributed by atoms with Crippen molar-refractivity contribution < 1.29 is 8.42 Å². The van der Waals surface area contributed by atoms with Crippen LogP contribution in [-0.4, -0.2) is 49.9 Å². The van der Waals surface area contributed by atoms with Gasteiger partial charge >= 0.3 is 0 Å². The fourth-order valence-corrected chi connectivity index (χ4v) is 4.12. The molecule has 1 aromatic rings. The summed E-state index contributed by atoms with van der Waals surface area (Å²) >= 11 is 0. The van der Waals surface area contributed by atoms with Crippen LogP contribution in [0.5, 0.6) is 0 Å². The van der Waals surface area contributed by atoms with Gasteiger partial charge in [0.1, 0.15) is 0 Å². The van der Waals surface area contributed by atoms with Gasteiger partial charge in [-0.3, -0.25) is 4.99 Å². The van der Waals surface area contributed by atoms with E-state index in [-0.39, 0.29) is 0 Å². The molecular weight excluding hydrogens is 310 g/mol. The highest BCUT2D eigenvalue weighted by Gasteiger charge is 2.52. The Morgan fingerprint density at radius 1 is 1.17 bits per heavy atom. The number of anilines is 1. The number of sulfone groups is 1. The summed E-state index contributed by atoms with van der Waals surface area (Å²) in [5.41, 5.74) is 0.987. The third kappa shape index (κ3) is 3.86. The minimum Gasteiger partial charge on any atom is -0.343 e. The molecule has 2 aliphatic rings. The molecule has 0 amide bonds. The molecule has 0 aromatic heterocycles. The van der Waals surface area contributed by atoms with Gasteiger partial charge in [0.05, 0.1) is 11.3 Å². The van der Waals surface area contributed by atoms with Crippen molar-refractivity contribution in [2.75, 3.05) is 31.2 Å². The van der Waals surface area contributed by atoms with Crippen LogP contribution in [0.2, 0.25) is 0 Å². The van der Waals surface area contributed by atoms with Crippen molar-refractivity contribution in [3.8, 4) is 0 Å². The van der Waals surface area contributed by atoms with E-state index < -0.39 is 14.6 Å². The molecule has 1 heterocycles. The second-order valence-corrected chi connectivity index (χ2v) is 9.04. The number of guanidine groups is 1. The van der Waals surface area contributed by atoms with E-state index in [1.54, 1.807) is 0 Å². The van der Waals surface area contributed by atoms with Crippen LogP contribution in [0.15, 0.2) is 35.3 Å². The zero-order valence-electron chi connectivity index (χ0n) is 13.7. The maximum atomic E-state index is 12.0. The summed E-state index contributed by atoms with van der Waals surface area (Å²) in [5.74, 6) is 0.811. The molecule has 5 nitrogen and oxygen atoms in total. The number of aliphatic imine (C=N–C) groups is 1. The lowest BCUT2D eigenvalue weighted by atomic mass is 10.1. The monoisotopic (exact) mass is 335 g/mol. The summed E-state index contributed by atoms with van der Waals surface area (Å²) < 4.78 is 23.3. The first kappa shape index (κ1) is 16.3. The van der Waals surface area contributed by atoms with Gasteiger partial charge in [-0.15, -0.1) is 0 Å². The number of para-hydroxylation sites is 1. The number of hydrogen-bond donors (Lipinski definition) is 1. The molecule has 0 radical (unpaired) electrons. The van der Waals surface area contributed by atoms with Crippen LogP contribution in [0, 0.1) is 0 Å². The molecule has 2 fully saturated rings. The Kier molecular flexibility index (Phi) is 4.62. The van der Waals surface area contributed by atoms with E-state index in [1.165, 1.54) is 12.7 Å². The maximum absolute atomic E-state index is 12.0. The molecule has 6 heteroatoms. The second-order valence-electron chi connectivity index (χ2n) is 6.63. The summed E-state index contributed by atoms with van der Waals surface area (Å²) in [7, 11) is -3.04. The van der Waals surface area contributed by atoms with Crippen molar-refractivity contribution in [2.45, 2.75) is 36.9 Å². The Morgan fingerprint density at radius 3 is 2.39 bits per heavy atom. The van der Waals surface area contributed by atoms with Crippen LogP contribution < -0.4 is 5.32 Å². The first-order valence-corrected chi connectivity index (χ1v) is 10.2. The molecule has 1 saturated carbocycles. The number of likely N-dealkylation sites (tertiary alicyclic amines) is 1. The number of nitrogens with one attached hydrogen (secondary N) is 1. The third-order valence-corrected chi connectivity index (χ3v) is 6.91. The predicted molar refractivity (Wildman–Crippen MR) is 94.6 cm³/mol. The first-order valence-electron chi connectivity index (χ1n) is 8.31. The first-order chi connectivity index (χ1) is 11.0. The summed E-state index contributed by atoms with van der Waals surface area (Å²) in [6, 6.07) is 9.95. The van der Waals surface area contributed by atoms with Gasteiger partial charge < -0.3 is 10.2 Å². The van der Waals surface area contributed by atoms with Crippen LogP contribution in [0.1, 0.15) is 32.1 Å². The molecule has 0 spiro atoms. The Bertz CT molecular complexity index is 660. The number of rotatable bonds is 4. The summed E-state index contributed by atoms with van der Waals surface area (Å²) in [6.45, 7) is 2.31. The van der Waals surface area contributed by atoms with E-state index in [0.717, 1.165) is 50.4 Å². The van der Waals surface area contributed by atoms with Crippen molar-refractivity contribution in [2.24, 2.45) is 4.99 Å². The van der Waals surface area contributed by atoms with E-state index in [4.69, 9.17) is 4.99 Å². The van der Waals surface area contributed by atoms with E-state index in [2.05, 4.69) is 10.2 Å². The minimum atomic E-state index is -3.04. The second kappa shape index (κ2) is 6.51. The van der Waals surface area contributed by atoms with Gasteiger partial charge in [-0.2, -0.15) is 0 Å². The van der Waals surface area contributed by atoms with E-state index in [0.29, 0.717) is 6.54 Å². The SMILES string of the molecule is CS(=O)(=O)C1(CN=C(Nc2ccccc2)N2CCCCC2)CC1. The molecule has 1 aromatic carbocycles. The minimum absolute atomic E-state index is 0.359. The Morgan fingerprint density at radius 2 is 1.83 bits per heavy atom. The van der Waals surface area contributed by atoms with E-state index in [9.17, 15) is 8.42 Å². The van der Waals surface area contributed by atoms with Crippen molar-refractivity contribution in [3.63, 3.8) is 0 Å². The Balaban J connectivity index is 1.78. The van der Waals surface area contributed by atoms with Gasteiger partial charge in [-0.1, -0.05) is 18.2 Å². The van der Waals surface area contributed by atoms with Crippen molar-refractivity contribution >= 4 is 21.5 Å². The number of hydrogen-bond acceptors (Lipinski definition) is 3. The van der Waals surface area contributed by atoms with Crippen LogP contribution in [-0.2, 0) is 9.84 Å². The van der Waals surface area contributed by atoms with Crippen molar-refractivity contribution in [1.29, 1.82) is 0 Å². The average molecular weight is 335 g/mol. The molecule has 0 unspecified atom stereocenters. The zero-order chi connectivity index (χ0) is 16.3. The molecular formula is C17H25N3O2S. The third-order valence-electron chi connectivity index (χ3n) is 4.80. The van der Waals surface area contributed by atoms with E-state index in [1.807, 2.05) is 30.3 Å². The highest BCUT2D eigenvalue weighted by atomic mass is 32.2. The van der Waals surface area contributed by atoms with Crippen LogP contribution in [0.4, 0.5) is 5.69 Å².